The molecule has 0 saturated carbocycles. The van der Waals surface area contributed by atoms with E-state index >= 15 is 0 Å². The number of hydrogen-bond acceptors (Lipinski definition) is 4. The van der Waals surface area contributed by atoms with Gasteiger partial charge in [-0.25, -0.2) is 18.3 Å². The molecule has 23 heavy (non-hydrogen) atoms. The Balaban J connectivity index is 1.76. The Hall–Kier alpha value is -3.47. The first kappa shape index (κ1) is 13.2. The van der Waals surface area contributed by atoms with Crippen molar-refractivity contribution in [3.63, 3.8) is 0 Å². The molecule has 2 aromatic heterocycles. The van der Waals surface area contributed by atoms with Crippen LogP contribution < -0.4 is 5.32 Å². The molecule has 8 heteroatoms. The Labute approximate surface area is 128 Å². The van der Waals surface area contributed by atoms with Gasteiger partial charge in [0.1, 0.15) is 11.6 Å². The highest BCUT2D eigenvalue weighted by molar-refractivity contribution is 5.81. The highest BCUT2D eigenvalue weighted by atomic mass is 19.1. The molecule has 0 spiro atoms. The summed E-state index contributed by atoms with van der Waals surface area (Å²) in [7, 11) is 0. The van der Waals surface area contributed by atoms with E-state index in [0.29, 0.717) is 16.9 Å². The van der Waals surface area contributed by atoms with Crippen molar-refractivity contribution in [1.29, 1.82) is 5.26 Å². The quantitative estimate of drug-likeness (QED) is 0.596. The molecule has 2 aromatic carbocycles. The molecule has 6 nitrogen and oxygen atoms in total. The third kappa shape index (κ3) is 2.15. The van der Waals surface area contributed by atoms with Crippen molar-refractivity contribution in [3.05, 3.63) is 53.6 Å². The predicted octanol–water partition coefficient (Wildman–Crippen LogP) is 3.10. The number of benzene rings is 2. The van der Waals surface area contributed by atoms with Crippen LogP contribution in [0, 0.1) is 23.0 Å². The SMILES string of the molecule is N#Cc1ccc2c(c1)nc1nc(Nc3ccc(F)cc3F)[nH]n12. The van der Waals surface area contributed by atoms with Gasteiger partial charge in [0.25, 0.3) is 5.78 Å². The summed E-state index contributed by atoms with van der Waals surface area (Å²) in [5.74, 6) is -0.728. The second kappa shape index (κ2) is 4.78. The number of nitrogens with zero attached hydrogens (tertiary/aromatic N) is 4. The van der Waals surface area contributed by atoms with Gasteiger partial charge in [0.2, 0.25) is 5.95 Å². The lowest BCUT2D eigenvalue weighted by atomic mass is 10.2. The highest BCUT2D eigenvalue weighted by Crippen LogP contribution is 2.21. The van der Waals surface area contributed by atoms with Gasteiger partial charge in [0, 0.05) is 6.07 Å². The number of anilines is 2. The number of fused-ring (bicyclic) bond motifs is 3. The topological polar surface area (TPSA) is 81.8 Å². The molecule has 0 aliphatic carbocycles. The van der Waals surface area contributed by atoms with Gasteiger partial charge in [-0.2, -0.15) is 10.2 Å². The van der Waals surface area contributed by atoms with E-state index in [1.807, 2.05) is 6.07 Å². The Kier molecular flexibility index (Phi) is 2.74. The normalized spacial score (nSPS) is 11.0. The smallest absolute Gasteiger partial charge is 0.253 e. The minimum atomic E-state index is -0.720. The third-order valence-corrected chi connectivity index (χ3v) is 3.38. The molecule has 0 fully saturated rings. The van der Waals surface area contributed by atoms with Crippen molar-refractivity contribution in [2.24, 2.45) is 0 Å². The summed E-state index contributed by atoms with van der Waals surface area (Å²) in [6, 6.07) is 10.3. The average molecular weight is 310 g/mol. The van der Waals surface area contributed by atoms with Crippen LogP contribution in [0.15, 0.2) is 36.4 Å². The van der Waals surface area contributed by atoms with Crippen molar-refractivity contribution in [1.82, 2.24) is 19.6 Å². The predicted molar refractivity (Wildman–Crippen MR) is 79.2 cm³/mol. The van der Waals surface area contributed by atoms with Crippen molar-refractivity contribution < 1.29 is 8.78 Å². The molecule has 0 unspecified atom stereocenters. The van der Waals surface area contributed by atoms with Gasteiger partial charge < -0.3 is 5.32 Å². The first-order valence-corrected chi connectivity index (χ1v) is 6.64. The molecular weight excluding hydrogens is 302 g/mol. The lowest BCUT2D eigenvalue weighted by Crippen LogP contribution is -1.97. The molecule has 2 heterocycles. The second-order valence-corrected chi connectivity index (χ2v) is 4.88. The van der Waals surface area contributed by atoms with E-state index in [-0.39, 0.29) is 11.6 Å². The summed E-state index contributed by atoms with van der Waals surface area (Å²) < 4.78 is 28.2. The van der Waals surface area contributed by atoms with E-state index in [9.17, 15) is 8.78 Å². The van der Waals surface area contributed by atoms with Gasteiger partial charge in [-0.15, -0.1) is 0 Å². The molecule has 0 saturated heterocycles. The number of halogens is 2. The summed E-state index contributed by atoms with van der Waals surface area (Å²) in [6.07, 6.45) is 0. The summed E-state index contributed by atoms with van der Waals surface area (Å²) in [6.45, 7) is 0. The van der Waals surface area contributed by atoms with Crippen LogP contribution in [0.3, 0.4) is 0 Å². The largest absolute Gasteiger partial charge is 0.322 e. The van der Waals surface area contributed by atoms with Crippen LogP contribution in [0.25, 0.3) is 16.8 Å². The summed E-state index contributed by atoms with van der Waals surface area (Å²) in [5, 5.41) is 14.6. The van der Waals surface area contributed by atoms with Crippen LogP contribution in [0.4, 0.5) is 20.4 Å². The lowest BCUT2D eigenvalue weighted by molar-refractivity contribution is 0.586. The van der Waals surface area contributed by atoms with Gasteiger partial charge in [-0.05, 0) is 30.3 Å². The first-order valence-electron chi connectivity index (χ1n) is 6.64. The minimum Gasteiger partial charge on any atom is -0.322 e. The van der Waals surface area contributed by atoms with E-state index in [1.54, 1.807) is 22.7 Å². The fourth-order valence-corrected chi connectivity index (χ4v) is 2.33. The molecule has 0 radical (unpaired) electrons. The summed E-state index contributed by atoms with van der Waals surface area (Å²) >= 11 is 0. The maximum absolute atomic E-state index is 13.7. The molecular formula is C15H8F2N6. The van der Waals surface area contributed by atoms with E-state index in [2.05, 4.69) is 20.4 Å². The van der Waals surface area contributed by atoms with Gasteiger partial charge in [0.05, 0.1) is 28.4 Å². The Morgan fingerprint density at radius 3 is 2.78 bits per heavy atom. The number of nitrogens with one attached hydrogen (secondary N) is 2. The third-order valence-electron chi connectivity index (χ3n) is 3.38. The molecule has 0 amide bonds. The number of imidazole rings is 1. The fraction of sp³-hybridized carbons (Fsp3) is 0. The lowest BCUT2D eigenvalue weighted by Gasteiger charge is -2.03. The number of H-pyrrole nitrogens is 1. The van der Waals surface area contributed by atoms with Crippen LogP contribution in [0.5, 0.6) is 0 Å². The number of nitriles is 1. The molecule has 2 N–H and O–H groups in total. The van der Waals surface area contributed by atoms with Crippen molar-refractivity contribution in [2.45, 2.75) is 0 Å². The molecule has 112 valence electrons. The maximum Gasteiger partial charge on any atom is 0.253 e. The van der Waals surface area contributed by atoms with Gasteiger partial charge >= 0.3 is 0 Å². The summed E-state index contributed by atoms with van der Waals surface area (Å²) in [4.78, 5) is 8.50. The number of aromatic amines is 1. The standard InChI is InChI=1S/C15H8F2N6/c16-9-2-3-11(10(17)6-9)19-14-21-15-20-12-5-8(7-18)1-4-13(12)23(15)22-14/h1-6H,(H2,19,20,21,22). The van der Waals surface area contributed by atoms with Crippen molar-refractivity contribution in [2.75, 3.05) is 5.32 Å². The van der Waals surface area contributed by atoms with Gasteiger partial charge in [0.15, 0.2) is 0 Å². The number of hydrogen-bond donors (Lipinski definition) is 2. The Morgan fingerprint density at radius 2 is 2.00 bits per heavy atom. The monoisotopic (exact) mass is 310 g/mol. The van der Waals surface area contributed by atoms with E-state index in [0.717, 1.165) is 17.6 Å². The van der Waals surface area contributed by atoms with Crippen LogP contribution in [-0.2, 0) is 0 Å². The number of aromatic nitrogens is 4. The minimum absolute atomic E-state index is 0.0967. The molecule has 0 bridgehead atoms. The van der Waals surface area contributed by atoms with Crippen molar-refractivity contribution in [3.8, 4) is 6.07 Å². The fourth-order valence-electron chi connectivity index (χ4n) is 2.33. The molecule has 0 atom stereocenters. The van der Waals surface area contributed by atoms with Gasteiger partial charge in [-0.1, -0.05) is 0 Å². The second-order valence-electron chi connectivity index (χ2n) is 4.88. The van der Waals surface area contributed by atoms with Crippen LogP contribution in [-0.4, -0.2) is 19.6 Å². The van der Waals surface area contributed by atoms with Crippen molar-refractivity contribution >= 4 is 28.4 Å². The highest BCUT2D eigenvalue weighted by Gasteiger charge is 2.12. The Bertz CT molecular complexity index is 1090. The molecule has 4 rings (SSSR count). The van der Waals surface area contributed by atoms with Gasteiger partial charge in [-0.3, -0.25) is 5.10 Å². The first-order chi connectivity index (χ1) is 11.1. The van der Waals surface area contributed by atoms with E-state index < -0.39 is 11.6 Å². The zero-order valence-electron chi connectivity index (χ0n) is 11.5. The van der Waals surface area contributed by atoms with Crippen LogP contribution in [0.2, 0.25) is 0 Å². The van der Waals surface area contributed by atoms with Crippen LogP contribution in [0.1, 0.15) is 5.56 Å². The van der Waals surface area contributed by atoms with E-state index in [1.165, 1.54) is 6.07 Å². The van der Waals surface area contributed by atoms with E-state index in [4.69, 9.17) is 5.26 Å². The summed E-state index contributed by atoms with van der Waals surface area (Å²) in [5.41, 5.74) is 1.96. The zero-order valence-corrected chi connectivity index (χ0v) is 11.5. The molecule has 0 aliphatic rings. The number of rotatable bonds is 2. The molecule has 0 aliphatic heterocycles. The molecule has 4 aromatic rings. The Morgan fingerprint density at radius 1 is 1.13 bits per heavy atom. The van der Waals surface area contributed by atoms with Crippen LogP contribution >= 0.6 is 0 Å². The average Bonchev–Trinajstić information content (AvgIpc) is 3.06. The zero-order chi connectivity index (χ0) is 16.0. The maximum atomic E-state index is 13.7.